The van der Waals surface area contributed by atoms with Crippen LogP contribution in [-0.2, 0) is 14.3 Å². The molecule has 5 aromatic carbocycles. The number of hydrogen-bond donors (Lipinski definition) is 0. The van der Waals surface area contributed by atoms with Gasteiger partial charge >= 0.3 is 12.1 Å². The molecule has 0 amide bonds. The molecule has 0 heterocycles. The Morgan fingerprint density at radius 2 is 0.977 bits per heavy atom. The maximum absolute atomic E-state index is 12.2. The van der Waals surface area contributed by atoms with Crippen LogP contribution in [0.5, 0.6) is 11.5 Å². The number of hydrogen-bond acceptors (Lipinski definition) is 8. The van der Waals surface area contributed by atoms with Gasteiger partial charge in [-0.1, -0.05) is 54.6 Å². The van der Waals surface area contributed by atoms with Crippen LogP contribution in [0, 0.1) is 0 Å². The van der Waals surface area contributed by atoms with Gasteiger partial charge in [-0.25, -0.2) is 4.79 Å². The number of methoxy groups -OCH3 is 1. The lowest BCUT2D eigenvalue weighted by Gasteiger charge is -2.29. The zero-order chi connectivity index (χ0) is 30.0. The summed E-state index contributed by atoms with van der Waals surface area (Å²) in [6, 6.07) is 43.2. The SMILES string of the molecule is COc1cccc(N(c2ccccc2)c2cccc(N(c3ccccc3)c3cccc(OC(=O)OCOC(C)=O)c3)c2)c1. The standard InChI is InChI=1S/C35H30N2O6/c1-26(38)41-25-42-35(39)43-34-21-11-19-32(24-34)37(28-14-7-4-8-15-28)30-17-9-16-29(22-30)36(27-12-5-3-6-13-27)31-18-10-20-33(23-31)40-2/h3-24H,25H2,1-2H3. The van der Waals surface area contributed by atoms with Crippen LogP contribution in [0.15, 0.2) is 133 Å². The highest BCUT2D eigenvalue weighted by Gasteiger charge is 2.18. The highest BCUT2D eigenvalue weighted by molar-refractivity contribution is 5.83. The number of para-hydroxylation sites is 2. The Labute approximate surface area is 250 Å². The zero-order valence-corrected chi connectivity index (χ0v) is 23.8. The van der Waals surface area contributed by atoms with E-state index in [4.69, 9.17) is 14.2 Å². The zero-order valence-electron chi connectivity index (χ0n) is 23.8. The van der Waals surface area contributed by atoms with Gasteiger partial charge in [-0.2, -0.15) is 0 Å². The van der Waals surface area contributed by atoms with Crippen LogP contribution in [0.4, 0.5) is 38.9 Å². The minimum Gasteiger partial charge on any atom is -0.497 e. The number of anilines is 6. The third kappa shape index (κ3) is 7.31. The minimum atomic E-state index is -0.983. The molecule has 0 bridgehead atoms. The van der Waals surface area contributed by atoms with Gasteiger partial charge < -0.3 is 28.7 Å². The maximum atomic E-state index is 12.2. The van der Waals surface area contributed by atoms with Crippen molar-refractivity contribution < 1.29 is 28.5 Å². The van der Waals surface area contributed by atoms with Crippen molar-refractivity contribution in [2.24, 2.45) is 0 Å². The molecule has 0 aliphatic rings. The van der Waals surface area contributed by atoms with E-state index < -0.39 is 18.9 Å². The van der Waals surface area contributed by atoms with Crippen molar-refractivity contribution in [2.45, 2.75) is 6.92 Å². The number of carbonyl (C=O) groups is 2. The topological polar surface area (TPSA) is 77.5 Å². The van der Waals surface area contributed by atoms with E-state index in [1.54, 1.807) is 25.3 Å². The average Bonchev–Trinajstić information content (AvgIpc) is 3.03. The first-order chi connectivity index (χ1) is 21.0. The van der Waals surface area contributed by atoms with E-state index in [-0.39, 0.29) is 5.75 Å². The molecule has 0 aliphatic carbocycles. The molecule has 0 unspecified atom stereocenters. The number of esters is 1. The quantitative estimate of drug-likeness (QED) is 0.0931. The second kappa shape index (κ2) is 13.7. The first-order valence-electron chi connectivity index (χ1n) is 13.5. The van der Waals surface area contributed by atoms with Gasteiger partial charge in [0, 0.05) is 53.2 Å². The Bertz CT molecular complexity index is 1680. The Balaban J connectivity index is 1.54. The molecular weight excluding hydrogens is 544 g/mol. The fourth-order valence-electron chi connectivity index (χ4n) is 4.54. The summed E-state index contributed by atoms with van der Waals surface area (Å²) in [6.45, 7) is 0.698. The van der Waals surface area contributed by atoms with Gasteiger partial charge in [-0.05, 0) is 66.7 Å². The molecule has 0 aliphatic heterocycles. The van der Waals surface area contributed by atoms with Gasteiger partial charge in [0.25, 0.3) is 0 Å². The molecule has 0 radical (unpaired) electrons. The van der Waals surface area contributed by atoms with Gasteiger partial charge in [-0.15, -0.1) is 0 Å². The largest absolute Gasteiger partial charge is 0.516 e. The average molecular weight is 575 g/mol. The van der Waals surface area contributed by atoms with E-state index in [0.29, 0.717) is 0 Å². The van der Waals surface area contributed by atoms with E-state index in [1.807, 2.05) is 91.0 Å². The summed E-state index contributed by atoms with van der Waals surface area (Å²) in [5.74, 6) is 0.459. The second-order valence-electron chi connectivity index (χ2n) is 9.31. The Morgan fingerprint density at radius 1 is 0.535 bits per heavy atom. The van der Waals surface area contributed by atoms with Crippen LogP contribution in [0.1, 0.15) is 6.92 Å². The number of ether oxygens (including phenoxy) is 4. The van der Waals surface area contributed by atoms with Crippen LogP contribution >= 0.6 is 0 Å². The van der Waals surface area contributed by atoms with Crippen LogP contribution < -0.4 is 19.3 Å². The molecule has 216 valence electrons. The number of nitrogens with zero attached hydrogens (tertiary/aromatic N) is 2. The summed E-state index contributed by atoms with van der Waals surface area (Å²) in [5.41, 5.74) is 5.39. The first-order valence-corrected chi connectivity index (χ1v) is 13.5. The summed E-state index contributed by atoms with van der Waals surface area (Å²) in [5, 5.41) is 0. The molecule has 8 nitrogen and oxygen atoms in total. The number of benzene rings is 5. The van der Waals surface area contributed by atoms with Crippen LogP contribution in [-0.4, -0.2) is 26.0 Å². The van der Waals surface area contributed by atoms with E-state index >= 15 is 0 Å². The summed E-state index contributed by atoms with van der Waals surface area (Å²) in [7, 11) is 1.65. The molecule has 0 fully saturated rings. The van der Waals surface area contributed by atoms with Crippen molar-refractivity contribution in [3.8, 4) is 11.5 Å². The summed E-state index contributed by atoms with van der Waals surface area (Å²) in [6.07, 6.45) is -0.983. The first kappa shape index (κ1) is 28.8. The molecule has 5 rings (SSSR count). The minimum absolute atomic E-state index is 0.268. The molecular formula is C35H30N2O6. The lowest BCUT2D eigenvalue weighted by atomic mass is 10.1. The van der Waals surface area contributed by atoms with Crippen molar-refractivity contribution in [1.29, 1.82) is 0 Å². The normalized spacial score (nSPS) is 10.4. The molecule has 43 heavy (non-hydrogen) atoms. The van der Waals surface area contributed by atoms with Crippen molar-refractivity contribution in [3.63, 3.8) is 0 Å². The fraction of sp³-hybridized carbons (Fsp3) is 0.0857. The van der Waals surface area contributed by atoms with Crippen LogP contribution in [0.3, 0.4) is 0 Å². The van der Waals surface area contributed by atoms with Crippen molar-refractivity contribution >= 4 is 46.2 Å². The second-order valence-corrected chi connectivity index (χ2v) is 9.31. The Morgan fingerprint density at radius 3 is 1.49 bits per heavy atom. The third-order valence-electron chi connectivity index (χ3n) is 6.40. The van der Waals surface area contributed by atoms with Crippen molar-refractivity contribution in [3.05, 3.63) is 133 Å². The van der Waals surface area contributed by atoms with Gasteiger partial charge in [0.1, 0.15) is 11.5 Å². The molecule has 0 aromatic heterocycles. The molecule has 5 aromatic rings. The molecule has 0 saturated carbocycles. The number of carbonyl (C=O) groups excluding carboxylic acids is 2. The highest BCUT2D eigenvalue weighted by Crippen LogP contribution is 2.41. The third-order valence-corrected chi connectivity index (χ3v) is 6.40. The molecule has 0 spiro atoms. The van der Waals surface area contributed by atoms with E-state index in [1.165, 1.54) is 6.92 Å². The number of rotatable bonds is 10. The summed E-state index contributed by atoms with van der Waals surface area (Å²) >= 11 is 0. The van der Waals surface area contributed by atoms with E-state index in [9.17, 15) is 9.59 Å². The van der Waals surface area contributed by atoms with Crippen molar-refractivity contribution in [1.82, 2.24) is 0 Å². The molecule has 8 heteroatoms. The Kier molecular flexibility index (Phi) is 9.19. The van der Waals surface area contributed by atoms with Gasteiger partial charge in [0.2, 0.25) is 6.79 Å². The lowest BCUT2D eigenvalue weighted by Crippen LogP contribution is -2.15. The monoisotopic (exact) mass is 574 g/mol. The van der Waals surface area contributed by atoms with E-state index in [0.717, 1.165) is 39.9 Å². The predicted molar refractivity (Wildman–Crippen MR) is 166 cm³/mol. The van der Waals surface area contributed by atoms with Gasteiger partial charge in [0.15, 0.2) is 0 Å². The highest BCUT2D eigenvalue weighted by atomic mass is 16.8. The Hall–Kier alpha value is -5.76. The molecule has 0 N–H and O–H groups in total. The van der Waals surface area contributed by atoms with E-state index in [2.05, 4.69) is 38.8 Å². The fourth-order valence-corrected chi connectivity index (χ4v) is 4.54. The lowest BCUT2D eigenvalue weighted by molar-refractivity contribution is -0.149. The maximum Gasteiger partial charge on any atom is 0.516 e. The van der Waals surface area contributed by atoms with Crippen molar-refractivity contribution in [2.75, 3.05) is 23.7 Å². The van der Waals surface area contributed by atoms with Gasteiger partial charge in [-0.3, -0.25) is 4.79 Å². The smallest absolute Gasteiger partial charge is 0.497 e. The van der Waals surface area contributed by atoms with Crippen LogP contribution in [0.2, 0.25) is 0 Å². The van der Waals surface area contributed by atoms with Gasteiger partial charge in [0.05, 0.1) is 7.11 Å². The summed E-state index contributed by atoms with van der Waals surface area (Å²) < 4.78 is 20.4. The van der Waals surface area contributed by atoms with Crippen LogP contribution in [0.25, 0.3) is 0 Å². The summed E-state index contributed by atoms with van der Waals surface area (Å²) in [4.78, 5) is 27.4. The molecule has 0 saturated heterocycles. The predicted octanol–water partition coefficient (Wildman–Crippen LogP) is 8.67. The molecule has 0 atom stereocenters.